The molecule has 7 heteroatoms. The molecule has 0 fully saturated rings. The van der Waals surface area contributed by atoms with E-state index in [9.17, 15) is 14.9 Å². The average molecular weight is 260 g/mol. The first-order chi connectivity index (χ1) is 8.66. The number of rotatable bonds is 11. The van der Waals surface area contributed by atoms with Crippen LogP contribution in [-0.4, -0.2) is 37.4 Å². The summed E-state index contributed by atoms with van der Waals surface area (Å²) in [6.45, 7) is 2.71. The van der Waals surface area contributed by atoms with Gasteiger partial charge in [-0.2, -0.15) is 0 Å². The lowest BCUT2D eigenvalue weighted by Crippen LogP contribution is -2.27. The van der Waals surface area contributed by atoms with E-state index in [1.54, 1.807) is 0 Å². The lowest BCUT2D eigenvalue weighted by atomic mass is 10.2. The lowest BCUT2D eigenvalue weighted by molar-refractivity contribution is -0.758. The van der Waals surface area contributed by atoms with Gasteiger partial charge >= 0.3 is 0 Å². The van der Waals surface area contributed by atoms with Crippen LogP contribution in [0.15, 0.2) is 12.2 Å². The lowest BCUT2D eigenvalue weighted by Gasteiger charge is -2.05. The molecule has 0 aliphatic carbocycles. The Labute approximate surface area is 106 Å². The van der Waals surface area contributed by atoms with E-state index in [1.165, 1.54) is 0 Å². The first-order valence-electron chi connectivity index (χ1n) is 5.89. The van der Waals surface area contributed by atoms with E-state index in [0.29, 0.717) is 19.6 Å². The molecule has 0 unspecified atom stereocenters. The number of unbranched alkanes of at least 4 members (excludes halogenated alkanes) is 1. The van der Waals surface area contributed by atoms with E-state index in [2.05, 4.69) is 10.2 Å². The molecule has 1 N–H and O–H groups in total. The van der Waals surface area contributed by atoms with Crippen molar-refractivity contribution in [3.8, 4) is 0 Å². The number of ether oxygens (including phenoxy) is 1. The van der Waals surface area contributed by atoms with Crippen LogP contribution in [0, 0.1) is 10.1 Å². The van der Waals surface area contributed by atoms with Gasteiger partial charge in [0.15, 0.2) is 0 Å². The van der Waals surface area contributed by atoms with Gasteiger partial charge in [-0.05, 0) is 19.8 Å². The molecule has 0 aromatic rings. The van der Waals surface area contributed by atoms with Crippen molar-refractivity contribution in [3.05, 3.63) is 22.3 Å². The average Bonchev–Trinajstić information content (AvgIpc) is 2.33. The number of hydrogen-bond acceptors (Lipinski definition) is 5. The topological polar surface area (TPSA) is 90.7 Å². The van der Waals surface area contributed by atoms with Crippen molar-refractivity contribution in [2.75, 3.05) is 26.4 Å². The van der Waals surface area contributed by atoms with Gasteiger partial charge in [-0.1, -0.05) is 12.2 Å². The minimum absolute atomic E-state index is 0.00959. The first-order valence-corrected chi connectivity index (χ1v) is 5.89. The van der Waals surface area contributed by atoms with Crippen molar-refractivity contribution in [1.29, 1.82) is 0 Å². The molecule has 0 atom stereocenters. The standard InChI is InChI=1S/C11H20N2O5/c1-2-3-4-5-6-11(14)12-7-8-17-9-10-18-13(15)16/h2-3H,4-10H2,1H3,(H,12,14). The van der Waals surface area contributed by atoms with E-state index in [0.717, 1.165) is 12.8 Å². The van der Waals surface area contributed by atoms with Crippen LogP contribution < -0.4 is 5.32 Å². The van der Waals surface area contributed by atoms with Crippen molar-refractivity contribution in [2.45, 2.75) is 26.2 Å². The van der Waals surface area contributed by atoms with Crippen LogP contribution in [0.4, 0.5) is 0 Å². The van der Waals surface area contributed by atoms with Crippen LogP contribution in [0.25, 0.3) is 0 Å². The van der Waals surface area contributed by atoms with Crippen molar-refractivity contribution < 1.29 is 19.5 Å². The fourth-order valence-electron chi connectivity index (χ4n) is 1.17. The number of nitrogens with zero attached hydrogens (tertiary/aromatic N) is 1. The molecule has 0 saturated heterocycles. The van der Waals surface area contributed by atoms with Crippen molar-refractivity contribution >= 4 is 5.91 Å². The maximum absolute atomic E-state index is 11.3. The minimum Gasteiger partial charge on any atom is -0.378 e. The number of carbonyl (C=O) groups excluding carboxylic acids is 1. The molecule has 0 heterocycles. The van der Waals surface area contributed by atoms with Crippen molar-refractivity contribution in [1.82, 2.24) is 5.32 Å². The van der Waals surface area contributed by atoms with E-state index >= 15 is 0 Å². The molecular formula is C11H20N2O5. The van der Waals surface area contributed by atoms with Gasteiger partial charge in [0, 0.05) is 13.0 Å². The summed E-state index contributed by atoms with van der Waals surface area (Å²) in [4.78, 5) is 25.1. The zero-order valence-corrected chi connectivity index (χ0v) is 10.6. The molecule has 0 aliphatic heterocycles. The number of allylic oxidation sites excluding steroid dienone is 2. The maximum atomic E-state index is 11.3. The Balaban J connectivity index is 3.22. The molecule has 0 saturated carbocycles. The number of hydrogen-bond donors (Lipinski definition) is 1. The highest BCUT2D eigenvalue weighted by Gasteiger charge is 1.99. The van der Waals surface area contributed by atoms with E-state index in [1.807, 2.05) is 19.1 Å². The summed E-state index contributed by atoms with van der Waals surface area (Å²) in [5.41, 5.74) is 0. The van der Waals surface area contributed by atoms with Crippen LogP contribution in [0.3, 0.4) is 0 Å². The molecule has 0 spiro atoms. The highest BCUT2D eigenvalue weighted by Crippen LogP contribution is 1.96. The zero-order chi connectivity index (χ0) is 13.6. The van der Waals surface area contributed by atoms with Crippen molar-refractivity contribution in [3.63, 3.8) is 0 Å². The fraction of sp³-hybridized carbons (Fsp3) is 0.727. The van der Waals surface area contributed by atoms with Crippen LogP contribution in [0.2, 0.25) is 0 Å². The summed E-state index contributed by atoms with van der Waals surface area (Å²) in [5.74, 6) is -0.00959. The number of carbonyl (C=O) groups is 1. The van der Waals surface area contributed by atoms with E-state index < -0.39 is 5.09 Å². The van der Waals surface area contributed by atoms with Gasteiger partial charge in [-0.3, -0.25) is 4.79 Å². The second kappa shape index (κ2) is 11.8. The third kappa shape index (κ3) is 12.4. The Hall–Kier alpha value is -1.63. The highest BCUT2D eigenvalue weighted by atomic mass is 17.0. The smallest absolute Gasteiger partial charge is 0.294 e. The number of nitrogens with one attached hydrogen (secondary N) is 1. The van der Waals surface area contributed by atoms with Gasteiger partial charge in [0.1, 0.15) is 6.61 Å². The molecular weight excluding hydrogens is 240 g/mol. The molecule has 18 heavy (non-hydrogen) atoms. The molecule has 0 aromatic carbocycles. The molecule has 0 rings (SSSR count). The third-order valence-electron chi connectivity index (χ3n) is 2.00. The van der Waals surface area contributed by atoms with Crippen LogP contribution in [0.5, 0.6) is 0 Å². The Bertz CT molecular complexity index is 268. The van der Waals surface area contributed by atoms with Gasteiger partial charge in [-0.25, -0.2) is 0 Å². The predicted octanol–water partition coefficient (Wildman–Crippen LogP) is 1.07. The molecule has 1 amide bonds. The van der Waals surface area contributed by atoms with E-state index in [4.69, 9.17) is 4.74 Å². The van der Waals surface area contributed by atoms with Gasteiger partial charge in [-0.15, -0.1) is 10.1 Å². The van der Waals surface area contributed by atoms with E-state index in [-0.39, 0.29) is 19.1 Å². The molecule has 104 valence electrons. The van der Waals surface area contributed by atoms with Gasteiger partial charge in [0.25, 0.3) is 5.09 Å². The zero-order valence-electron chi connectivity index (χ0n) is 10.6. The summed E-state index contributed by atoms with van der Waals surface area (Å²) in [7, 11) is 0. The molecule has 0 aliphatic rings. The highest BCUT2D eigenvalue weighted by molar-refractivity contribution is 5.75. The number of amides is 1. The second-order valence-electron chi connectivity index (χ2n) is 3.48. The quantitative estimate of drug-likeness (QED) is 0.260. The Morgan fingerprint density at radius 2 is 2.17 bits per heavy atom. The normalized spacial score (nSPS) is 10.5. The van der Waals surface area contributed by atoms with Crippen LogP contribution in [0.1, 0.15) is 26.2 Å². The maximum Gasteiger partial charge on any atom is 0.294 e. The van der Waals surface area contributed by atoms with Gasteiger partial charge in [0.2, 0.25) is 5.91 Å². The largest absolute Gasteiger partial charge is 0.378 e. The predicted molar refractivity (Wildman–Crippen MR) is 65.4 cm³/mol. The summed E-state index contributed by atoms with van der Waals surface area (Å²) in [6, 6.07) is 0. The summed E-state index contributed by atoms with van der Waals surface area (Å²) in [5, 5.41) is 11.6. The minimum atomic E-state index is -0.865. The Morgan fingerprint density at radius 3 is 2.83 bits per heavy atom. The SMILES string of the molecule is CC=CCCCC(=O)NCCOCCO[N+](=O)[O-]. The van der Waals surface area contributed by atoms with Crippen molar-refractivity contribution in [2.24, 2.45) is 0 Å². The Kier molecular flexibility index (Phi) is 10.8. The molecule has 0 radical (unpaired) electrons. The monoisotopic (exact) mass is 260 g/mol. The Morgan fingerprint density at radius 1 is 1.39 bits per heavy atom. The van der Waals surface area contributed by atoms with Crippen LogP contribution >= 0.6 is 0 Å². The second-order valence-corrected chi connectivity index (χ2v) is 3.48. The fourth-order valence-corrected chi connectivity index (χ4v) is 1.17. The molecule has 7 nitrogen and oxygen atoms in total. The summed E-state index contributed by atoms with van der Waals surface area (Å²) < 4.78 is 5.02. The van der Waals surface area contributed by atoms with Crippen LogP contribution in [-0.2, 0) is 14.4 Å². The summed E-state index contributed by atoms with van der Waals surface area (Å²) >= 11 is 0. The third-order valence-corrected chi connectivity index (χ3v) is 2.00. The first kappa shape index (κ1) is 16.4. The molecule has 0 aromatic heterocycles. The van der Waals surface area contributed by atoms with Gasteiger partial charge in [0.05, 0.1) is 13.2 Å². The molecule has 0 bridgehead atoms. The summed E-state index contributed by atoms with van der Waals surface area (Å²) in [6.07, 6.45) is 6.20. The van der Waals surface area contributed by atoms with Gasteiger partial charge < -0.3 is 14.9 Å².